The van der Waals surface area contributed by atoms with Crippen molar-refractivity contribution in [2.24, 2.45) is 5.92 Å². The molecule has 108 valence electrons. The molecule has 1 saturated heterocycles. The lowest BCUT2D eigenvalue weighted by Crippen LogP contribution is -2.39. The van der Waals surface area contributed by atoms with Gasteiger partial charge in [-0.05, 0) is 25.6 Å². The van der Waals surface area contributed by atoms with Crippen molar-refractivity contribution in [3.05, 3.63) is 23.0 Å². The zero-order valence-electron chi connectivity index (χ0n) is 11.5. The number of carbonyl (C=O) groups excluding carboxylic acids is 1. The summed E-state index contributed by atoms with van der Waals surface area (Å²) in [6, 6.07) is 3.65. The Balaban J connectivity index is 1.93. The highest BCUT2D eigenvalue weighted by Crippen LogP contribution is 2.27. The average Bonchev–Trinajstić information content (AvgIpc) is 2.89. The van der Waals surface area contributed by atoms with Crippen LogP contribution in [0.4, 0.5) is 5.69 Å². The van der Waals surface area contributed by atoms with Gasteiger partial charge in [-0.2, -0.15) is 0 Å². The molecule has 0 spiro atoms. The van der Waals surface area contributed by atoms with Crippen LogP contribution in [-0.2, 0) is 16.1 Å². The lowest BCUT2D eigenvalue weighted by molar-refractivity contribution is -0.122. The van der Waals surface area contributed by atoms with Crippen molar-refractivity contribution in [2.75, 3.05) is 38.3 Å². The number of pyridine rings is 1. The van der Waals surface area contributed by atoms with Gasteiger partial charge < -0.3 is 9.64 Å². The molecule has 0 aromatic carbocycles. The number of amides is 1. The largest absolute Gasteiger partial charge is 0.381 e. The second kappa shape index (κ2) is 5.68. The van der Waals surface area contributed by atoms with Crippen LogP contribution in [0.2, 0.25) is 5.15 Å². The van der Waals surface area contributed by atoms with Crippen LogP contribution in [0.3, 0.4) is 0 Å². The molecule has 3 heterocycles. The number of halogens is 1. The fraction of sp³-hybridized carbons (Fsp3) is 0.571. The second-order valence-electron chi connectivity index (χ2n) is 5.39. The molecule has 20 heavy (non-hydrogen) atoms. The first-order valence-electron chi connectivity index (χ1n) is 6.88. The van der Waals surface area contributed by atoms with E-state index in [-0.39, 0.29) is 11.8 Å². The van der Waals surface area contributed by atoms with E-state index in [0.717, 1.165) is 24.3 Å². The first kappa shape index (κ1) is 13.8. The van der Waals surface area contributed by atoms with Crippen LogP contribution in [0, 0.1) is 5.92 Å². The highest BCUT2D eigenvalue weighted by Gasteiger charge is 2.31. The Hall–Kier alpha value is -1.17. The van der Waals surface area contributed by atoms with E-state index in [2.05, 4.69) is 9.88 Å². The zero-order valence-corrected chi connectivity index (χ0v) is 12.3. The first-order valence-corrected chi connectivity index (χ1v) is 7.26. The monoisotopic (exact) mass is 295 g/mol. The lowest BCUT2D eigenvalue weighted by Gasteiger charge is -2.24. The molecule has 1 atom stereocenters. The molecular weight excluding hydrogens is 278 g/mol. The number of likely N-dealkylation sites (N-methyl/N-ethyl adjacent to an activating group) is 1. The van der Waals surface area contributed by atoms with E-state index in [4.69, 9.17) is 16.3 Å². The third-order valence-corrected chi connectivity index (χ3v) is 4.09. The van der Waals surface area contributed by atoms with Gasteiger partial charge in [0.1, 0.15) is 5.15 Å². The summed E-state index contributed by atoms with van der Waals surface area (Å²) in [6.07, 6.45) is 0.807. The fourth-order valence-corrected chi connectivity index (χ4v) is 2.90. The Morgan fingerprint density at radius 3 is 3.05 bits per heavy atom. The molecule has 1 unspecified atom stereocenters. The summed E-state index contributed by atoms with van der Waals surface area (Å²) in [5.41, 5.74) is 1.75. The predicted molar refractivity (Wildman–Crippen MR) is 76.9 cm³/mol. The van der Waals surface area contributed by atoms with Gasteiger partial charge in [-0.15, -0.1) is 0 Å². The van der Waals surface area contributed by atoms with Gasteiger partial charge in [0.2, 0.25) is 5.91 Å². The number of fused-ring (bicyclic) bond motifs is 1. The molecule has 6 heteroatoms. The molecule has 1 amide bonds. The molecule has 5 nitrogen and oxygen atoms in total. The van der Waals surface area contributed by atoms with E-state index < -0.39 is 0 Å². The normalized spacial score (nSPS) is 23.5. The van der Waals surface area contributed by atoms with Gasteiger partial charge in [0.05, 0.1) is 23.9 Å². The highest BCUT2D eigenvalue weighted by molar-refractivity contribution is 6.29. The van der Waals surface area contributed by atoms with Crippen molar-refractivity contribution >= 4 is 23.2 Å². The second-order valence-corrected chi connectivity index (χ2v) is 5.78. The molecule has 0 aliphatic carbocycles. The first-order chi connectivity index (χ1) is 9.65. The molecule has 2 aliphatic rings. The number of hydrogen-bond donors (Lipinski definition) is 0. The lowest BCUT2D eigenvalue weighted by atomic mass is 10.1. The maximum atomic E-state index is 12.7. The van der Waals surface area contributed by atoms with E-state index in [1.54, 1.807) is 6.07 Å². The zero-order chi connectivity index (χ0) is 14.1. The van der Waals surface area contributed by atoms with Crippen molar-refractivity contribution in [1.82, 2.24) is 9.88 Å². The van der Waals surface area contributed by atoms with Gasteiger partial charge in [-0.1, -0.05) is 11.6 Å². The van der Waals surface area contributed by atoms with E-state index in [1.165, 1.54) is 0 Å². The van der Waals surface area contributed by atoms with Crippen LogP contribution < -0.4 is 4.90 Å². The molecule has 0 radical (unpaired) electrons. The number of rotatable bonds is 1. The van der Waals surface area contributed by atoms with Crippen molar-refractivity contribution in [1.29, 1.82) is 0 Å². The van der Waals surface area contributed by atoms with Gasteiger partial charge in [0.15, 0.2) is 0 Å². The van der Waals surface area contributed by atoms with Crippen LogP contribution in [0.5, 0.6) is 0 Å². The summed E-state index contributed by atoms with van der Waals surface area (Å²) in [6.45, 7) is 3.42. The van der Waals surface area contributed by atoms with Crippen LogP contribution in [0.25, 0.3) is 0 Å². The van der Waals surface area contributed by atoms with E-state index in [9.17, 15) is 4.79 Å². The number of anilines is 1. The number of ether oxygens (including phenoxy) is 1. The maximum Gasteiger partial charge on any atom is 0.232 e. The Labute approximate surface area is 123 Å². The smallest absolute Gasteiger partial charge is 0.232 e. The Kier molecular flexibility index (Phi) is 3.92. The highest BCUT2D eigenvalue weighted by atomic mass is 35.5. The fourth-order valence-electron chi connectivity index (χ4n) is 2.73. The van der Waals surface area contributed by atoms with Crippen LogP contribution in [0.1, 0.15) is 12.1 Å². The number of aromatic nitrogens is 1. The summed E-state index contributed by atoms with van der Waals surface area (Å²) in [4.78, 5) is 21.1. The van der Waals surface area contributed by atoms with E-state index >= 15 is 0 Å². The topological polar surface area (TPSA) is 45.7 Å². The van der Waals surface area contributed by atoms with E-state index in [1.807, 2.05) is 18.0 Å². The van der Waals surface area contributed by atoms with Crippen LogP contribution in [0.15, 0.2) is 12.1 Å². The molecule has 0 saturated carbocycles. The molecule has 1 fully saturated rings. The average molecular weight is 296 g/mol. The molecular formula is C14H18ClN3O2. The minimum atomic E-state index is -0.0260. The molecule has 3 rings (SSSR count). The van der Waals surface area contributed by atoms with Gasteiger partial charge >= 0.3 is 0 Å². The van der Waals surface area contributed by atoms with Gasteiger partial charge in [0, 0.05) is 26.2 Å². The van der Waals surface area contributed by atoms with Crippen molar-refractivity contribution in [3.8, 4) is 0 Å². The minimum Gasteiger partial charge on any atom is -0.381 e. The van der Waals surface area contributed by atoms with Crippen LogP contribution >= 0.6 is 11.6 Å². The molecule has 0 N–H and O–H groups in total. The summed E-state index contributed by atoms with van der Waals surface area (Å²) in [7, 11) is 2.03. The molecule has 0 bridgehead atoms. The summed E-state index contributed by atoms with van der Waals surface area (Å²) < 4.78 is 5.33. The minimum absolute atomic E-state index is 0.0260. The van der Waals surface area contributed by atoms with E-state index in [0.29, 0.717) is 31.5 Å². The molecule has 1 aromatic heterocycles. The Bertz CT molecular complexity index is 517. The van der Waals surface area contributed by atoms with Gasteiger partial charge in [0.25, 0.3) is 0 Å². The Morgan fingerprint density at radius 1 is 1.45 bits per heavy atom. The van der Waals surface area contributed by atoms with Crippen molar-refractivity contribution < 1.29 is 9.53 Å². The summed E-state index contributed by atoms with van der Waals surface area (Å²) >= 11 is 5.98. The van der Waals surface area contributed by atoms with Crippen LogP contribution in [-0.4, -0.2) is 49.1 Å². The van der Waals surface area contributed by atoms with Gasteiger partial charge in [-0.3, -0.25) is 9.69 Å². The summed E-state index contributed by atoms with van der Waals surface area (Å²) in [5, 5.41) is 0.468. The molecule has 1 aromatic rings. The number of nitrogens with zero attached hydrogens (tertiary/aromatic N) is 3. The predicted octanol–water partition coefficient (Wildman–Crippen LogP) is 1.55. The standard InChI is InChI=1S/C14H18ClN3O2/c1-17-5-6-18(14(19)10-4-7-20-9-10)12-2-3-13(15)16-11(12)8-17/h2-3,10H,4-9H2,1H3. The van der Waals surface area contributed by atoms with Crippen molar-refractivity contribution in [2.45, 2.75) is 13.0 Å². The number of hydrogen-bond acceptors (Lipinski definition) is 4. The third-order valence-electron chi connectivity index (χ3n) is 3.88. The summed E-state index contributed by atoms with van der Waals surface area (Å²) in [5.74, 6) is 0.116. The van der Waals surface area contributed by atoms with Gasteiger partial charge in [-0.25, -0.2) is 4.98 Å². The number of carbonyl (C=O) groups is 1. The SMILES string of the molecule is CN1CCN(C(=O)C2CCOC2)c2ccc(Cl)nc2C1. The third kappa shape index (κ3) is 2.66. The van der Waals surface area contributed by atoms with Crippen molar-refractivity contribution in [3.63, 3.8) is 0 Å². The molecule has 2 aliphatic heterocycles. The quantitative estimate of drug-likeness (QED) is 0.738. The maximum absolute atomic E-state index is 12.7. The Morgan fingerprint density at radius 2 is 2.30 bits per heavy atom.